The molecule has 2 aromatic rings. The van der Waals surface area contributed by atoms with Gasteiger partial charge in [-0.1, -0.05) is 0 Å². The summed E-state index contributed by atoms with van der Waals surface area (Å²) in [5, 5.41) is 12.7. The molecule has 2 N–H and O–H groups in total. The van der Waals surface area contributed by atoms with Crippen LogP contribution >= 0.6 is 11.3 Å². The van der Waals surface area contributed by atoms with Crippen LogP contribution in [0.25, 0.3) is 10.1 Å². The lowest BCUT2D eigenvalue weighted by Crippen LogP contribution is -2.62. The minimum atomic E-state index is -1.16. The third-order valence-electron chi connectivity index (χ3n) is 5.40. The molecule has 0 unspecified atom stereocenters. The molecule has 5 heterocycles. The number of hydrogen-bond donors (Lipinski definition) is 2. The van der Waals surface area contributed by atoms with Crippen LogP contribution in [0.4, 0.5) is 0 Å². The van der Waals surface area contributed by atoms with Gasteiger partial charge in [0.05, 0.1) is 4.88 Å². The van der Waals surface area contributed by atoms with Gasteiger partial charge in [0.2, 0.25) is 0 Å². The fourth-order valence-electron chi connectivity index (χ4n) is 4.00. The van der Waals surface area contributed by atoms with Gasteiger partial charge in [0.1, 0.15) is 5.69 Å². The molecule has 26 heavy (non-hydrogen) atoms. The molecule has 3 saturated heterocycles. The van der Waals surface area contributed by atoms with Crippen molar-refractivity contribution < 1.29 is 14.7 Å². The molecule has 6 nitrogen and oxygen atoms in total. The third-order valence-corrected chi connectivity index (χ3v) is 6.42. The molecule has 0 aliphatic carbocycles. The number of carbonyl (C=O) groups is 2. The number of thiophene rings is 1. The predicted molar refractivity (Wildman–Crippen MR) is 99.1 cm³/mol. The smallest absolute Gasteiger partial charge is 0.382 e. The van der Waals surface area contributed by atoms with Gasteiger partial charge in [0.25, 0.3) is 5.91 Å². The number of nitrogens with zero attached hydrogens (tertiary/aromatic N) is 2. The molecular weight excluding hydrogens is 350 g/mol. The first-order valence-corrected chi connectivity index (χ1v) is 9.52. The molecule has 7 heteroatoms. The van der Waals surface area contributed by atoms with E-state index < -0.39 is 5.97 Å². The molecule has 0 aromatic carbocycles. The first-order valence-electron chi connectivity index (χ1n) is 8.71. The summed E-state index contributed by atoms with van der Waals surface area (Å²) in [6.45, 7) is 4.43. The van der Waals surface area contributed by atoms with E-state index in [0.717, 1.165) is 36.0 Å². The monoisotopic (exact) mass is 369 g/mol. The number of fused-ring (bicyclic) bond motifs is 4. The number of carbonyl (C=O) groups excluding carboxylic acids is 1. The maximum Gasteiger partial charge on any atom is 0.382 e. The number of piperidine rings is 3. The van der Waals surface area contributed by atoms with Gasteiger partial charge in [-0.25, -0.2) is 4.79 Å². The molecule has 5 rings (SSSR count). The highest BCUT2D eigenvalue weighted by atomic mass is 32.1. The summed E-state index contributed by atoms with van der Waals surface area (Å²) in [4.78, 5) is 30.6. The Bertz CT molecular complexity index is 932. The Morgan fingerprint density at radius 2 is 2.12 bits per heavy atom. The van der Waals surface area contributed by atoms with Crippen LogP contribution in [0.15, 0.2) is 18.3 Å². The lowest BCUT2D eigenvalue weighted by atomic mass is 9.79. The Balaban J connectivity index is 1.54. The van der Waals surface area contributed by atoms with Crippen LogP contribution in [0.5, 0.6) is 0 Å². The van der Waals surface area contributed by atoms with Crippen LogP contribution in [-0.2, 0) is 4.79 Å². The highest BCUT2D eigenvalue weighted by Gasteiger charge is 2.40. The second-order valence-electron chi connectivity index (χ2n) is 6.89. The van der Waals surface area contributed by atoms with Crippen LogP contribution < -0.4 is 5.32 Å². The van der Waals surface area contributed by atoms with Gasteiger partial charge in [-0.15, -0.1) is 11.3 Å². The van der Waals surface area contributed by atoms with Crippen molar-refractivity contribution in [2.75, 3.05) is 13.1 Å². The quantitative estimate of drug-likeness (QED) is 0.791. The van der Waals surface area contributed by atoms with Gasteiger partial charge in [0, 0.05) is 34.3 Å². The number of hydrogen-bond acceptors (Lipinski definition) is 5. The van der Waals surface area contributed by atoms with E-state index in [1.165, 1.54) is 11.3 Å². The summed E-state index contributed by atoms with van der Waals surface area (Å²) >= 11 is 1.36. The molecule has 3 aliphatic heterocycles. The SMILES string of the molecule is C[C@H]1[C@H](NC(=O)c2cc3sc(C#CC(=O)O)cc3cn2)C2CCN1CC2. The van der Waals surface area contributed by atoms with Gasteiger partial charge < -0.3 is 10.4 Å². The molecular formula is C19H19N3O3S. The number of aromatic nitrogens is 1. The normalized spacial score (nSPS) is 27.0. The standard InChI is InChI=1S/C19H19N3O3S/c1-11-18(12-4-6-22(11)7-5-12)21-19(25)15-9-16-13(10-20-15)8-14(26-16)2-3-17(23)24/h8-12,18H,4-7H2,1H3,(H,21,25)(H,23,24)/t11-,18-/m0/s1. The van der Waals surface area contributed by atoms with Crippen molar-refractivity contribution in [3.63, 3.8) is 0 Å². The Labute approximate surface area is 155 Å². The molecule has 3 fully saturated rings. The van der Waals surface area contributed by atoms with Crippen LogP contribution in [0.1, 0.15) is 35.1 Å². The first kappa shape index (κ1) is 17.0. The van der Waals surface area contributed by atoms with E-state index in [0.29, 0.717) is 22.5 Å². The van der Waals surface area contributed by atoms with Gasteiger partial charge in [-0.05, 0) is 56.8 Å². The van der Waals surface area contributed by atoms with Crippen molar-refractivity contribution in [2.24, 2.45) is 5.92 Å². The molecule has 0 spiro atoms. The predicted octanol–water partition coefficient (Wildman–Crippen LogP) is 1.94. The first-order chi connectivity index (χ1) is 12.5. The van der Waals surface area contributed by atoms with E-state index in [-0.39, 0.29) is 11.9 Å². The van der Waals surface area contributed by atoms with Crippen molar-refractivity contribution >= 4 is 33.3 Å². The van der Waals surface area contributed by atoms with E-state index in [2.05, 4.69) is 34.0 Å². The van der Waals surface area contributed by atoms with Crippen molar-refractivity contribution in [3.05, 3.63) is 28.9 Å². The molecule has 1 amide bonds. The van der Waals surface area contributed by atoms with Gasteiger partial charge in [-0.3, -0.25) is 14.7 Å². The molecule has 2 aromatic heterocycles. The average molecular weight is 369 g/mol. The second-order valence-corrected chi connectivity index (χ2v) is 7.97. The summed E-state index contributed by atoms with van der Waals surface area (Å²) in [6.07, 6.45) is 3.92. The average Bonchev–Trinajstić information content (AvgIpc) is 3.05. The molecule has 2 atom stereocenters. The highest BCUT2D eigenvalue weighted by Crippen LogP contribution is 2.32. The number of carboxylic acids is 1. The number of pyridine rings is 1. The van der Waals surface area contributed by atoms with Crippen molar-refractivity contribution in [1.29, 1.82) is 0 Å². The Morgan fingerprint density at radius 1 is 1.35 bits per heavy atom. The van der Waals surface area contributed by atoms with Crippen molar-refractivity contribution in [1.82, 2.24) is 15.2 Å². The van der Waals surface area contributed by atoms with Crippen LogP contribution in [0.3, 0.4) is 0 Å². The molecule has 3 aliphatic rings. The van der Waals surface area contributed by atoms with E-state index in [9.17, 15) is 9.59 Å². The van der Waals surface area contributed by atoms with Crippen molar-refractivity contribution in [3.8, 4) is 11.8 Å². The summed E-state index contributed by atoms with van der Waals surface area (Å²) < 4.78 is 0.877. The largest absolute Gasteiger partial charge is 0.472 e. The van der Waals surface area contributed by atoms with E-state index in [1.807, 2.05) is 0 Å². The van der Waals surface area contributed by atoms with E-state index >= 15 is 0 Å². The summed E-state index contributed by atoms with van der Waals surface area (Å²) in [5.41, 5.74) is 0.390. The second kappa shape index (κ2) is 6.71. The minimum Gasteiger partial charge on any atom is -0.472 e. The lowest BCUT2D eigenvalue weighted by Gasteiger charge is -2.49. The van der Waals surface area contributed by atoms with Crippen LogP contribution in [0.2, 0.25) is 0 Å². The van der Waals surface area contributed by atoms with Gasteiger partial charge >= 0.3 is 5.97 Å². The summed E-state index contributed by atoms with van der Waals surface area (Å²) in [7, 11) is 0. The zero-order chi connectivity index (χ0) is 18.3. The lowest BCUT2D eigenvalue weighted by molar-refractivity contribution is -0.130. The number of amides is 1. The Morgan fingerprint density at radius 3 is 2.81 bits per heavy atom. The topological polar surface area (TPSA) is 82.5 Å². The maximum absolute atomic E-state index is 12.7. The number of nitrogens with one attached hydrogen (secondary N) is 1. The zero-order valence-electron chi connectivity index (χ0n) is 14.4. The fourth-order valence-corrected chi connectivity index (χ4v) is 4.93. The van der Waals surface area contributed by atoms with Crippen LogP contribution in [0, 0.1) is 17.8 Å². The van der Waals surface area contributed by atoms with Crippen molar-refractivity contribution in [2.45, 2.75) is 31.8 Å². The Kier molecular flexibility index (Phi) is 4.39. The highest BCUT2D eigenvalue weighted by molar-refractivity contribution is 7.19. The third kappa shape index (κ3) is 3.18. The zero-order valence-corrected chi connectivity index (χ0v) is 15.2. The molecule has 0 saturated carbocycles. The number of rotatable bonds is 2. The molecule has 134 valence electrons. The number of aliphatic carboxylic acids is 1. The van der Waals surface area contributed by atoms with Crippen LogP contribution in [-0.4, -0.2) is 52.0 Å². The molecule has 2 bridgehead atoms. The Hall–Kier alpha value is -2.43. The number of carboxylic acid groups (broad SMARTS) is 1. The molecule has 0 radical (unpaired) electrons. The van der Waals surface area contributed by atoms with E-state index in [4.69, 9.17) is 5.11 Å². The minimum absolute atomic E-state index is 0.149. The summed E-state index contributed by atoms with van der Waals surface area (Å²) in [6, 6.07) is 4.07. The van der Waals surface area contributed by atoms with Gasteiger partial charge in [-0.2, -0.15) is 0 Å². The van der Waals surface area contributed by atoms with E-state index in [1.54, 1.807) is 18.3 Å². The fraction of sp³-hybridized carbons (Fsp3) is 0.421. The maximum atomic E-state index is 12.7. The van der Waals surface area contributed by atoms with Gasteiger partial charge in [0.15, 0.2) is 0 Å². The summed E-state index contributed by atoms with van der Waals surface area (Å²) in [5.74, 6) is 3.95.